The molecular formula is C13H15F3O2. The largest absolute Gasteiger partial charge is 0.466 e. The third-order valence-electron chi connectivity index (χ3n) is 2.38. The van der Waals surface area contributed by atoms with Crippen LogP contribution in [-0.4, -0.2) is 12.6 Å². The van der Waals surface area contributed by atoms with Gasteiger partial charge in [0.25, 0.3) is 0 Å². The summed E-state index contributed by atoms with van der Waals surface area (Å²) in [6.45, 7) is 2.24. The molecule has 0 spiro atoms. The maximum atomic E-state index is 13.2. The van der Waals surface area contributed by atoms with Crippen molar-refractivity contribution in [3.05, 3.63) is 35.1 Å². The highest BCUT2D eigenvalue weighted by Crippen LogP contribution is 2.16. The standard InChI is InChI=1S/C13H15F3O2/c1-2-6-18-13(17)5-3-4-9-7-11(15)12(16)8-10(9)14/h7-8H,2-6H2,1H3. The predicted octanol–water partition coefficient (Wildman–Crippen LogP) is 3.38. The molecule has 0 aliphatic carbocycles. The van der Waals surface area contributed by atoms with Crippen molar-refractivity contribution in [2.45, 2.75) is 32.6 Å². The SMILES string of the molecule is CCCOC(=O)CCCc1cc(F)c(F)cc1F. The highest BCUT2D eigenvalue weighted by atomic mass is 19.2. The van der Waals surface area contributed by atoms with Crippen LogP contribution in [0.1, 0.15) is 31.7 Å². The third kappa shape index (κ3) is 4.39. The van der Waals surface area contributed by atoms with Crippen LogP contribution in [0.25, 0.3) is 0 Å². The van der Waals surface area contributed by atoms with Crippen molar-refractivity contribution in [1.29, 1.82) is 0 Å². The molecule has 0 amide bonds. The quantitative estimate of drug-likeness (QED) is 0.579. The number of benzene rings is 1. The van der Waals surface area contributed by atoms with Gasteiger partial charge in [-0.3, -0.25) is 4.79 Å². The molecule has 100 valence electrons. The van der Waals surface area contributed by atoms with Crippen LogP contribution < -0.4 is 0 Å². The van der Waals surface area contributed by atoms with E-state index in [4.69, 9.17) is 4.74 Å². The van der Waals surface area contributed by atoms with Gasteiger partial charge in [0.1, 0.15) is 5.82 Å². The van der Waals surface area contributed by atoms with E-state index in [1.165, 1.54) is 0 Å². The Kier molecular flexibility index (Phi) is 5.68. The van der Waals surface area contributed by atoms with Gasteiger partial charge in [0, 0.05) is 12.5 Å². The summed E-state index contributed by atoms with van der Waals surface area (Å²) in [5.74, 6) is -3.45. The lowest BCUT2D eigenvalue weighted by molar-refractivity contribution is -0.143. The van der Waals surface area contributed by atoms with Crippen LogP contribution >= 0.6 is 0 Å². The Labute approximate surface area is 104 Å². The summed E-state index contributed by atoms with van der Waals surface area (Å²) >= 11 is 0. The summed E-state index contributed by atoms with van der Waals surface area (Å²) in [4.78, 5) is 11.1. The number of esters is 1. The lowest BCUT2D eigenvalue weighted by Crippen LogP contribution is -2.06. The molecular weight excluding hydrogens is 245 g/mol. The molecule has 0 fully saturated rings. The lowest BCUT2D eigenvalue weighted by Gasteiger charge is -2.05. The zero-order valence-electron chi connectivity index (χ0n) is 10.1. The van der Waals surface area contributed by atoms with Crippen molar-refractivity contribution in [3.63, 3.8) is 0 Å². The molecule has 0 heterocycles. The van der Waals surface area contributed by atoms with E-state index in [-0.39, 0.29) is 24.4 Å². The zero-order chi connectivity index (χ0) is 13.5. The van der Waals surface area contributed by atoms with Crippen molar-refractivity contribution < 1.29 is 22.7 Å². The fourth-order valence-corrected chi connectivity index (χ4v) is 1.47. The molecule has 0 aromatic heterocycles. The second kappa shape index (κ2) is 7.03. The molecule has 0 N–H and O–H groups in total. The first-order valence-electron chi connectivity index (χ1n) is 5.83. The summed E-state index contributed by atoms with van der Waals surface area (Å²) in [5.41, 5.74) is 0.0668. The topological polar surface area (TPSA) is 26.3 Å². The van der Waals surface area contributed by atoms with Gasteiger partial charge in [-0.1, -0.05) is 6.92 Å². The number of aryl methyl sites for hydroxylation is 1. The Morgan fingerprint density at radius 3 is 2.50 bits per heavy atom. The van der Waals surface area contributed by atoms with Gasteiger partial charge in [-0.15, -0.1) is 0 Å². The summed E-state index contributed by atoms with van der Waals surface area (Å²) in [5, 5.41) is 0. The van der Waals surface area contributed by atoms with Crippen LogP contribution in [0, 0.1) is 17.5 Å². The molecule has 18 heavy (non-hydrogen) atoms. The molecule has 0 unspecified atom stereocenters. The molecule has 0 atom stereocenters. The summed E-state index contributed by atoms with van der Waals surface area (Å²) < 4.78 is 43.6. The minimum Gasteiger partial charge on any atom is -0.466 e. The second-order valence-corrected chi connectivity index (χ2v) is 3.93. The number of carbonyl (C=O) groups excluding carboxylic acids is 1. The maximum Gasteiger partial charge on any atom is 0.305 e. The third-order valence-corrected chi connectivity index (χ3v) is 2.38. The number of hydrogen-bond donors (Lipinski definition) is 0. The average Bonchev–Trinajstić information content (AvgIpc) is 2.33. The number of hydrogen-bond acceptors (Lipinski definition) is 2. The number of halogens is 3. The average molecular weight is 260 g/mol. The molecule has 2 nitrogen and oxygen atoms in total. The normalized spacial score (nSPS) is 10.4. The number of rotatable bonds is 6. The first-order valence-corrected chi connectivity index (χ1v) is 5.83. The second-order valence-electron chi connectivity index (χ2n) is 3.93. The molecule has 0 saturated heterocycles. The molecule has 1 rings (SSSR count). The van der Waals surface area contributed by atoms with Gasteiger partial charge < -0.3 is 4.74 Å². The van der Waals surface area contributed by atoms with E-state index < -0.39 is 17.5 Å². The van der Waals surface area contributed by atoms with Crippen LogP contribution in [-0.2, 0) is 16.0 Å². The Bertz CT molecular complexity index is 419. The first kappa shape index (κ1) is 14.5. The van der Waals surface area contributed by atoms with Gasteiger partial charge in [-0.25, -0.2) is 13.2 Å². The molecule has 0 saturated carbocycles. The van der Waals surface area contributed by atoms with Gasteiger partial charge in [-0.2, -0.15) is 0 Å². The van der Waals surface area contributed by atoms with Crippen molar-refractivity contribution >= 4 is 5.97 Å². The van der Waals surface area contributed by atoms with E-state index in [1.807, 2.05) is 6.92 Å². The minimum atomic E-state index is -1.21. The van der Waals surface area contributed by atoms with E-state index in [2.05, 4.69) is 0 Å². The van der Waals surface area contributed by atoms with Crippen molar-refractivity contribution in [2.24, 2.45) is 0 Å². The van der Waals surface area contributed by atoms with E-state index in [0.717, 1.165) is 12.5 Å². The highest BCUT2D eigenvalue weighted by molar-refractivity contribution is 5.69. The Hall–Kier alpha value is -1.52. The molecule has 0 radical (unpaired) electrons. The fourth-order valence-electron chi connectivity index (χ4n) is 1.47. The maximum absolute atomic E-state index is 13.2. The monoisotopic (exact) mass is 260 g/mol. The smallest absolute Gasteiger partial charge is 0.305 e. The molecule has 0 aliphatic rings. The number of ether oxygens (including phenoxy) is 1. The molecule has 0 aliphatic heterocycles. The van der Waals surface area contributed by atoms with E-state index in [1.54, 1.807) is 0 Å². The molecule has 0 bridgehead atoms. The minimum absolute atomic E-state index is 0.0668. The molecule has 1 aromatic rings. The predicted molar refractivity (Wildman–Crippen MR) is 60.5 cm³/mol. The van der Waals surface area contributed by atoms with Crippen LogP contribution in [0.3, 0.4) is 0 Å². The van der Waals surface area contributed by atoms with E-state index in [0.29, 0.717) is 19.1 Å². The Morgan fingerprint density at radius 1 is 1.17 bits per heavy atom. The van der Waals surface area contributed by atoms with Crippen LogP contribution in [0.5, 0.6) is 0 Å². The lowest BCUT2D eigenvalue weighted by atomic mass is 10.1. The van der Waals surface area contributed by atoms with Crippen LogP contribution in [0.4, 0.5) is 13.2 Å². The van der Waals surface area contributed by atoms with Crippen molar-refractivity contribution in [3.8, 4) is 0 Å². The molecule has 1 aromatic carbocycles. The van der Waals surface area contributed by atoms with Crippen LogP contribution in [0.2, 0.25) is 0 Å². The first-order chi connectivity index (χ1) is 8.54. The Balaban J connectivity index is 2.44. The summed E-state index contributed by atoms with van der Waals surface area (Å²) in [6.07, 6.45) is 1.39. The van der Waals surface area contributed by atoms with Crippen molar-refractivity contribution in [2.75, 3.05) is 6.61 Å². The van der Waals surface area contributed by atoms with E-state index in [9.17, 15) is 18.0 Å². The number of carbonyl (C=O) groups is 1. The van der Waals surface area contributed by atoms with Crippen molar-refractivity contribution in [1.82, 2.24) is 0 Å². The zero-order valence-corrected chi connectivity index (χ0v) is 10.1. The Morgan fingerprint density at radius 2 is 1.83 bits per heavy atom. The van der Waals surface area contributed by atoms with Crippen LogP contribution in [0.15, 0.2) is 12.1 Å². The fraction of sp³-hybridized carbons (Fsp3) is 0.462. The van der Waals surface area contributed by atoms with Gasteiger partial charge in [-0.05, 0) is 30.9 Å². The molecule has 5 heteroatoms. The summed E-state index contributed by atoms with van der Waals surface area (Å²) in [7, 11) is 0. The van der Waals surface area contributed by atoms with Gasteiger partial charge >= 0.3 is 5.97 Å². The van der Waals surface area contributed by atoms with E-state index >= 15 is 0 Å². The highest BCUT2D eigenvalue weighted by Gasteiger charge is 2.10. The van der Waals surface area contributed by atoms with Gasteiger partial charge in [0.05, 0.1) is 6.61 Å². The van der Waals surface area contributed by atoms with Gasteiger partial charge in [0.2, 0.25) is 0 Å². The summed E-state index contributed by atoms with van der Waals surface area (Å²) in [6, 6.07) is 1.34. The van der Waals surface area contributed by atoms with Gasteiger partial charge in [0.15, 0.2) is 11.6 Å².